The minimum Gasteiger partial charge on any atom is -0.205 e. The smallest absolute Gasteiger partial charge is 0.205 e. The van der Waals surface area contributed by atoms with E-state index >= 15 is 0 Å². The van der Waals surface area contributed by atoms with E-state index in [1.165, 1.54) is 6.07 Å². The number of rotatable bonds is 4. The highest BCUT2D eigenvalue weighted by molar-refractivity contribution is 7.79. The molecule has 3 aromatic carbocycles. The predicted octanol–water partition coefficient (Wildman–Crippen LogP) is 4.38. The summed E-state index contributed by atoms with van der Waals surface area (Å²) in [5.74, 6) is 0. The number of benzene rings is 3. The molecule has 0 saturated heterocycles. The highest BCUT2D eigenvalue weighted by Gasteiger charge is 2.22. The SMILES string of the molecule is FC(F)c1ccccc1P(c1ccccc1)c1ccccc1. The van der Waals surface area contributed by atoms with E-state index in [-0.39, 0.29) is 5.56 Å². The van der Waals surface area contributed by atoms with Gasteiger partial charge >= 0.3 is 0 Å². The van der Waals surface area contributed by atoms with Crippen molar-refractivity contribution >= 4 is 23.8 Å². The minimum atomic E-state index is -2.46. The second-order valence-electron chi connectivity index (χ2n) is 4.87. The van der Waals surface area contributed by atoms with Gasteiger partial charge in [0, 0.05) is 5.56 Å². The van der Waals surface area contributed by atoms with Crippen molar-refractivity contribution in [3.63, 3.8) is 0 Å². The first kappa shape index (κ1) is 14.9. The van der Waals surface area contributed by atoms with E-state index in [9.17, 15) is 8.78 Å². The molecule has 0 fully saturated rings. The third-order valence-electron chi connectivity index (χ3n) is 3.44. The van der Waals surface area contributed by atoms with Crippen LogP contribution in [0.1, 0.15) is 12.0 Å². The molecule has 0 aliphatic rings. The van der Waals surface area contributed by atoms with E-state index in [2.05, 4.69) is 0 Å². The monoisotopic (exact) mass is 312 g/mol. The maximum atomic E-state index is 13.4. The molecule has 0 unspecified atom stereocenters. The van der Waals surface area contributed by atoms with Crippen molar-refractivity contribution in [2.45, 2.75) is 6.43 Å². The highest BCUT2D eigenvalue weighted by atomic mass is 31.1. The lowest BCUT2D eigenvalue weighted by Gasteiger charge is -2.22. The van der Waals surface area contributed by atoms with Gasteiger partial charge in [-0.15, -0.1) is 0 Å². The van der Waals surface area contributed by atoms with Crippen molar-refractivity contribution in [1.29, 1.82) is 0 Å². The predicted molar refractivity (Wildman–Crippen MR) is 90.1 cm³/mol. The first-order valence-corrected chi connectivity index (χ1v) is 8.39. The molecule has 22 heavy (non-hydrogen) atoms. The largest absolute Gasteiger partial charge is 0.264 e. The number of alkyl halides is 2. The fraction of sp³-hybridized carbons (Fsp3) is 0.0526. The Kier molecular flexibility index (Phi) is 4.60. The molecule has 110 valence electrons. The standard InChI is InChI=1S/C19H15F2P/c20-19(21)17-13-7-8-14-18(17)22(15-9-3-1-4-10-15)16-11-5-2-6-12-16/h1-14,19H. The van der Waals surface area contributed by atoms with Crippen LogP contribution >= 0.6 is 7.92 Å². The Morgan fingerprint density at radius 1 is 0.591 bits per heavy atom. The van der Waals surface area contributed by atoms with E-state index in [0.29, 0.717) is 0 Å². The van der Waals surface area contributed by atoms with Crippen molar-refractivity contribution in [3.05, 3.63) is 90.5 Å². The maximum absolute atomic E-state index is 13.4. The molecule has 0 amide bonds. The topological polar surface area (TPSA) is 0 Å². The van der Waals surface area contributed by atoms with E-state index in [1.54, 1.807) is 6.07 Å². The summed E-state index contributed by atoms with van der Waals surface area (Å²) in [6, 6.07) is 26.6. The van der Waals surface area contributed by atoms with Gasteiger partial charge < -0.3 is 0 Å². The second-order valence-corrected chi connectivity index (χ2v) is 7.05. The van der Waals surface area contributed by atoms with Crippen molar-refractivity contribution in [2.24, 2.45) is 0 Å². The molecule has 0 nitrogen and oxygen atoms in total. The van der Waals surface area contributed by atoms with Crippen LogP contribution in [0.3, 0.4) is 0 Å². The van der Waals surface area contributed by atoms with Crippen LogP contribution in [0.15, 0.2) is 84.9 Å². The Morgan fingerprint density at radius 2 is 1.05 bits per heavy atom. The Morgan fingerprint density at radius 3 is 1.55 bits per heavy atom. The molecule has 0 atom stereocenters. The van der Waals surface area contributed by atoms with E-state index in [0.717, 1.165) is 15.9 Å². The molecule has 0 bridgehead atoms. The summed E-state index contributed by atoms with van der Waals surface area (Å²) in [6.45, 7) is 0. The van der Waals surface area contributed by atoms with Crippen LogP contribution in [0.5, 0.6) is 0 Å². The van der Waals surface area contributed by atoms with Crippen LogP contribution in [0, 0.1) is 0 Å². The first-order chi connectivity index (χ1) is 10.8. The van der Waals surface area contributed by atoms with Crippen LogP contribution in [0.2, 0.25) is 0 Å². The quantitative estimate of drug-likeness (QED) is 0.627. The summed E-state index contributed by atoms with van der Waals surface area (Å²) in [5.41, 5.74) is 0.126. The second kappa shape index (κ2) is 6.81. The zero-order chi connectivity index (χ0) is 15.4. The summed E-state index contributed by atoms with van der Waals surface area (Å²) < 4.78 is 26.9. The molecule has 3 aromatic rings. The molecule has 0 N–H and O–H groups in total. The molecule has 0 heterocycles. The van der Waals surface area contributed by atoms with Gasteiger partial charge in [-0.3, -0.25) is 0 Å². The molecular weight excluding hydrogens is 297 g/mol. The van der Waals surface area contributed by atoms with Crippen molar-refractivity contribution in [3.8, 4) is 0 Å². The Labute approximate surface area is 130 Å². The number of halogens is 2. The first-order valence-electron chi connectivity index (χ1n) is 7.04. The molecule has 3 heteroatoms. The molecule has 0 radical (unpaired) electrons. The van der Waals surface area contributed by atoms with Crippen LogP contribution in [-0.2, 0) is 0 Å². The highest BCUT2D eigenvalue weighted by Crippen LogP contribution is 2.36. The lowest BCUT2D eigenvalue weighted by molar-refractivity contribution is 0.152. The zero-order valence-corrected chi connectivity index (χ0v) is 12.8. The Bertz CT molecular complexity index is 687. The minimum absolute atomic E-state index is 0.126. The van der Waals surface area contributed by atoms with Gasteiger partial charge in [-0.1, -0.05) is 84.9 Å². The zero-order valence-electron chi connectivity index (χ0n) is 11.9. The van der Waals surface area contributed by atoms with Gasteiger partial charge in [0.25, 0.3) is 6.43 Å². The van der Waals surface area contributed by atoms with Crippen LogP contribution in [0.25, 0.3) is 0 Å². The lowest BCUT2D eigenvalue weighted by Crippen LogP contribution is -2.23. The molecule has 3 rings (SSSR count). The van der Waals surface area contributed by atoms with Crippen LogP contribution in [-0.4, -0.2) is 0 Å². The summed E-state index contributed by atoms with van der Waals surface area (Å²) in [7, 11) is -0.979. The van der Waals surface area contributed by atoms with E-state index < -0.39 is 14.3 Å². The molecular formula is C19H15F2P. The summed E-state index contributed by atoms with van der Waals surface area (Å²) >= 11 is 0. The number of hydrogen-bond acceptors (Lipinski definition) is 0. The maximum Gasteiger partial charge on any atom is 0.264 e. The fourth-order valence-electron chi connectivity index (χ4n) is 2.46. The van der Waals surface area contributed by atoms with Gasteiger partial charge in [0.2, 0.25) is 0 Å². The average molecular weight is 312 g/mol. The van der Waals surface area contributed by atoms with Crippen molar-refractivity contribution < 1.29 is 8.78 Å². The van der Waals surface area contributed by atoms with Crippen molar-refractivity contribution in [2.75, 3.05) is 0 Å². The lowest BCUT2D eigenvalue weighted by atomic mass is 10.2. The van der Waals surface area contributed by atoms with Crippen LogP contribution < -0.4 is 15.9 Å². The normalized spacial score (nSPS) is 11.1. The van der Waals surface area contributed by atoms with Gasteiger partial charge in [-0.2, -0.15) is 0 Å². The van der Waals surface area contributed by atoms with Gasteiger partial charge in [0.1, 0.15) is 0 Å². The summed E-state index contributed by atoms with van der Waals surface area (Å²) in [5, 5.41) is 2.89. The Hall–Kier alpha value is -2.05. The van der Waals surface area contributed by atoms with Gasteiger partial charge in [-0.05, 0) is 23.8 Å². The third kappa shape index (κ3) is 3.08. The van der Waals surface area contributed by atoms with Crippen LogP contribution in [0.4, 0.5) is 8.78 Å². The molecule has 0 saturated carbocycles. The van der Waals surface area contributed by atoms with E-state index in [4.69, 9.17) is 0 Å². The van der Waals surface area contributed by atoms with Gasteiger partial charge in [0.05, 0.1) is 0 Å². The molecule has 0 aliphatic carbocycles. The molecule has 0 aromatic heterocycles. The average Bonchev–Trinajstić information content (AvgIpc) is 2.57. The van der Waals surface area contributed by atoms with E-state index in [1.807, 2.05) is 72.8 Å². The van der Waals surface area contributed by atoms with Crippen molar-refractivity contribution in [1.82, 2.24) is 0 Å². The molecule has 0 spiro atoms. The molecule has 0 aliphatic heterocycles. The number of hydrogen-bond donors (Lipinski definition) is 0. The van der Waals surface area contributed by atoms with Gasteiger partial charge in [0.15, 0.2) is 0 Å². The summed E-state index contributed by atoms with van der Waals surface area (Å²) in [4.78, 5) is 0. The Balaban J connectivity index is 2.19. The third-order valence-corrected chi connectivity index (χ3v) is 5.96. The van der Waals surface area contributed by atoms with Gasteiger partial charge in [-0.25, -0.2) is 8.78 Å². The fourth-order valence-corrected chi connectivity index (χ4v) is 4.92. The summed E-state index contributed by atoms with van der Waals surface area (Å²) in [6.07, 6.45) is -2.46.